The van der Waals surface area contributed by atoms with E-state index in [4.69, 9.17) is 11.6 Å². The molecule has 0 radical (unpaired) electrons. The second-order valence-corrected chi connectivity index (χ2v) is 6.21. The Bertz CT molecular complexity index is 844. The molecule has 0 aliphatic carbocycles. The van der Waals surface area contributed by atoms with Gasteiger partial charge < -0.3 is 0 Å². The number of hydrogen-bond donors (Lipinski definition) is 0. The van der Waals surface area contributed by atoms with Crippen LogP contribution in [0.5, 0.6) is 0 Å². The summed E-state index contributed by atoms with van der Waals surface area (Å²) >= 11 is 9.76. The van der Waals surface area contributed by atoms with E-state index in [1.54, 1.807) is 0 Å². The van der Waals surface area contributed by atoms with Crippen molar-refractivity contribution in [2.45, 2.75) is 13.8 Å². The van der Waals surface area contributed by atoms with Crippen LogP contribution in [0.3, 0.4) is 0 Å². The number of aromatic nitrogens is 2. The van der Waals surface area contributed by atoms with Gasteiger partial charge in [-0.3, -0.25) is 0 Å². The molecule has 0 unspecified atom stereocenters. The Balaban J connectivity index is 2.30. The molecule has 0 aliphatic heterocycles. The fraction of sp³-hybridized carbons (Fsp3) is 0.125. The van der Waals surface area contributed by atoms with Gasteiger partial charge in [-0.1, -0.05) is 11.6 Å². The van der Waals surface area contributed by atoms with Crippen LogP contribution in [-0.4, -0.2) is 9.97 Å². The highest BCUT2D eigenvalue weighted by Crippen LogP contribution is 2.31. The van der Waals surface area contributed by atoms with Crippen LogP contribution in [0.1, 0.15) is 11.1 Å². The van der Waals surface area contributed by atoms with Gasteiger partial charge in [0.1, 0.15) is 11.0 Å². The van der Waals surface area contributed by atoms with Crippen LogP contribution in [0, 0.1) is 19.7 Å². The number of benzene rings is 2. The normalized spacial score (nSPS) is 11.1. The summed E-state index contributed by atoms with van der Waals surface area (Å²) in [6.07, 6.45) is 0. The summed E-state index contributed by atoms with van der Waals surface area (Å²) < 4.78 is 14.4. The van der Waals surface area contributed by atoms with Gasteiger partial charge >= 0.3 is 0 Å². The van der Waals surface area contributed by atoms with E-state index in [1.807, 2.05) is 32.0 Å². The standard InChI is InChI=1S/C16H11BrClFN2/c1-8-3-10(7-11(19)4-8)16-20-14-12(15(18)21-16)5-9(2)6-13(14)17/h3-7H,1-2H3. The molecule has 0 saturated carbocycles. The van der Waals surface area contributed by atoms with Gasteiger partial charge in [0.15, 0.2) is 5.82 Å². The average Bonchev–Trinajstić information content (AvgIpc) is 2.38. The van der Waals surface area contributed by atoms with E-state index >= 15 is 0 Å². The molecule has 0 atom stereocenters. The predicted molar refractivity (Wildman–Crippen MR) is 87.1 cm³/mol. The van der Waals surface area contributed by atoms with Gasteiger partial charge in [0.05, 0.1) is 5.52 Å². The zero-order valence-electron chi connectivity index (χ0n) is 11.4. The molecule has 2 nitrogen and oxygen atoms in total. The molecule has 0 aliphatic rings. The quantitative estimate of drug-likeness (QED) is 0.534. The largest absolute Gasteiger partial charge is 0.227 e. The van der Waals surface area contributed by atoms with Crippen molar-refractivity contribution < 1.29 is 4.39 Å². The monoisotopic (exact) mass is 364 g/mol. The lowest BCUT2D eigenvalue weighted by molar-refractivity contribution is 0.627. The van der Waals surface area contributed by atoms with Crippen molar-refractivity contribution in [3.05, 3.63) is 56.9 Å². The van der Waals surface area contributed by atoms with Crippen molar-refractivity contribution in [3.63, 3.8) is 0 Å². The Hall–Kier alpha value is -1.52. The van der Waals surface area contributed by atoms with Gasteiger partial charge in [-0.2, -0.15) is 0 Å². The molecule has 2 aromatic carbocycles. The summed E-state index contributed by atoms with van der Waals surface area (Å²) in [6.45, 7) is 3.80. The van der Waals surface area contributed by atoms with E-state index in [0.717, 1.165) is 26.5 Å². The van der Waals surface area contributed by atoms with E-state index in [-0.39, 0.29) is 5.82 Å². The first-order valence-corrected chi connectivity index (χ1v) is 7.52. The number of halogens is 3. The zero-order chi connectivity index (χ0) is 15.1. The second-order valence-electron chi connectivity index (χ2n) is 5.00. The van der Waals surface area contributed by atoms with Gasteiger partial charge in [0.25, 0.3) is 0 Å². The molecule has 0 bridgehead atoms. The van der Waals surface area contributed by atoms with Crippen LogP contribution in [0.25, 0.3) is 22.3 Å². The zero-order valence-corrected chi connectivity index (χ0v) is 13.8. The van der Waals surface area contributed by atoms with Crippen LogP contribution >= 0.6 is 27.5 Å². The third kappa shape index (κ3) is 2.78. The van der Waals surface area contributed by atoms with Gasteiger partial charge in [0.2, 0.25) is 0 Å². The Morgan fingerprint density at radius 3 is 2.43 bits per heavy atom. The molecule has 1 heterocycles. The number of rotatable bonds is 1. The van der Waals surface area contributed by atoms with Gasteiger partial charge in [0, 0.05) is 15.4 Å². The van der Waals surface area contributed by atoms with Crippen molar-refractivity contribution in [1.29, 1.82) is 0 Å². The maximum Gasteiger partial charge on any atom is 0.161 e. The first kappa shape index (κ1) is 14.4. The second kappa shape index (κ2) is 5.35. The number of fused-ring (bicyclic) bond motifs is 1. The van der Waals surface area contributed by atoms with Crippen LogP contribution in [-0.2, 0) is 0 Å². The Kier molecular flexibility index (Phi) is 3.68. The SMILES string of the molecule is Cc1cc(F)cc(-c2nc(Cl)c3cc(C)cc(Br)c3n2)c1. The van der Waals surface area contributed by atoms with Gasteiger partial charge in [-0.25, -0.2) is 14.4 Å². The summed E-state index contributed by atoms with van der Waals surface area (Å²) in [7, 11) is 0. The highest BCUT2D eigenvalue weighted by Gasteiger charge is 2.12. The molecule has 106 valence electrons. The average molecular weight is 366 g/mol. The summed E-state index contributed by atoms with van der Waals surface area (Å²) in [4.78, 5) is 8.82. The van der Waals surface area contributed by atoms with Gasteiger partial charge in [-0.15, -0.1) is 0 Å². The first-order chi connectivity index (χ1) is 9.94. The maximum absolute atomic E-state index is 13.6. The Morgan fingerprint density at radius 2 is 1.71 bits per heavy atom. The number of aryl methyl sites for hydroxylation is 2. The molecule has 5 heteroatoms. The molecular formula is C16H11BrClFN2. The number of hydrogen-bond acceptors (Lipinski definition) is 2. The fourth-order valence-corrected chi connectivity index (χ4v) is 3.17. The molecule has 0 fully saturated rings. The smallest absolute Gasteiger partial charge is 0.161 e. The minimum absolute atomic E-state index is 0.312. The number of nitrogens with zero attached hydrogens (tertiary/aromatic N) is 2. The lowest BCUT2D eigenvalue weighted by atomic mass is 10.1. The summed E-state index contributed by atoms with van der Waals surface area (Å²) in [5.41, 5.74) is 3.21. The van der Waals surface area contributed by atoms with Crippen LogP contribution in [0.15, 0.2) is 34.8 Å². The third-order valence-corrected chi connectivity index (χ3v) is 4.04. The van der Waals surface area contributed by atoms with E-state index in [9.17, 15) is 4.39 Å². The van der Waals surface area contributed by atoms with E-state index in [0.29, 0.717) is 16.5 Å². The molecule has 0 spiro atoms. The Labute approximate surface area is 135 Å². The van der Waals surface area contributed by atoms with Crippen molar-refractivity contribution in [3.8, 4) is 11.4 Å². The molecule has 0 amide bonds. The van der Waals surface area contributed by atoms with Crippen LogP contribution < -0.4 is 0 Å². The molecule has 1 aromatic heterocycles. The minimum Gasteiger partial charge on any atom is -0.227 e. The highest BCUT2D eigenvalue weighted by molar-refractivity contribution is 9.10. The minimum atomic E-state index is -0.312. The topological polar surface area (TPSA) is 25.8 Å². The van der Waals surface area contributed by atoms with E-state index in [1.165, 1.54) is 12.1 Å². The van der Waals surface area contributed by atoms with E-state index in [2.05, 4.69) is 25.9 Å². The molecular weight excluding hydrogens is 355 g/mol. The Morgan fingerprint density at radius 1 is 1.00 bits per heavy atom. The molecule has 21 heavy (non-hydrogen) atoms. The summed E-state index contributed by atoms with van der Waals surface area (Å²) in [5, 5.41) is 1.14. The molecule has 0 N–H and O–H groups in total. The lowest BCUT2D eigenvalue weighted by Crippen LogP contribution is -1.94. The van der Waals surface area contributed by atoms with Crippen LogP contribution in [0.2, 0.25) is 5.15 Å². The summed E-state index contributed by atoms with van der Waals surface area (Å²) in [6, 6.07) is 8.61. The first-order valence-electron chi connectivity index (χ1n) is 6.35. The van der Waals surface area contributed by atoms with Crippen molar-refractivity contribution in [2.24, 2.45) is 0 Å². The summed E-state index contributed by atoms with van der Waals surface area (Å²) in [5.74, 6) is 0.104. The molecule has 0 saturated heterocycles. The van der Waals surface area contributed by atoms with Gasteiger partial charge in [-0.05, 0) is 71.2 Å². The lowest BCUT2D eigenvalue weighted by Gasteiger charge is -2.08. The third-order valence-electron chi connectivity index (χ3n) is 3.15. The predicted octanol–water partition coefficient (Wildman–Crippen LogP) is 5.47. The molecule has 3 aromatic rings. The van der Waals surface area contributed by atoms with Crippen molar-refractivity contribution >= 4 is 38.4 Å². The highest BCUT2D eigenvalue weighted by atomic mass is 79.9. The fourth-order valence-electron chi connectivity index (χ4n) is 2.28. The maximum atomic E-state index is 13.6. The molecule has 3 rings (SSSR count). The van der Waals surface area contributed by atoms with Crippen molar-refractivity contribution in [1.82, 2.24) is 9.97 Å². The van der Waals surface area contributed by atoms with E-state index < -0.39 is 0 Å². The van der Waals surface area contributed by atoms with Crippen molar-refractivity contribution in [2.75, 3.05) is 0 Å². The van der Waals surface area contributed by atoms with Crippen LogP contribution in [0.4, 0.5) is 4.39 Å².